The van der Waals surface area contributed by atoms with Gasteiger partial charge in [0.05, 0.1) is 7.59 Å². The molecule has 1 radical (unpaired) electrons. The summed E-state index contributed by atoms with van der Waals surface area (Å²) >= 11 is 0. The van der Waals surface area contributed by atoms with Crippen molar-refractivity contribution in [3.8, 4) is 0 Å². The van der Waals surface area contributed by atoms with Crippen molar-refractivity contribution in [1.82, 2.24) is 0 Å². The summed E-state index contributed by atoms with van der Waals surface area (Å²) in [5.74, 6) is 0. The summed E-state index contributed by atoms with van der Waals surface area (Å²) in [6, 6.07) is 1.42. The highest BCUT2D eigenvalue weighted by Crippen LogP contribution is 2.19. The zero-order chi connectivity index (χ0) is 7.61. The molecule has 0 spiro atoms. The third kappa shape index (κ3) is 2.21. The summed E-state index contributed by atoms with van der Waals surface area (Å²) in [6.07, 6.45) is 2.73. The second kappa shape index (κ2) is 3.19. The average molecular weight is 173 g/mol. The summed E-state index contributed by atoms with van der Waals surface area (Å²) in [5, 5.41) is 0. The third-order valence-electron chi connectivity index (χ3n) is 1.91. The van der Waals surface area contributed by atoms with Crippen molar-refractivity contribution in [3.63, 3.8) is 0 Å². The second-order valence-corrected chi connectivity index (χ2v) is 16.3. The fraction of sp³-hybridized carbons (Fsp3) is 1.00. The summed E-state index contributed by atoms with van der Waals surface area (Å²) < 4.78 is 5.81. The predicted molar refractivity (Wildman–Crippen MR) is 49.1 cm³/mol. The first-order valence-corrected chi connectivity index (χ1v) is 10.2. The number of hydrogen-bond acceptors (Lipinski definition) is 1. The van der Waals surface area contributed by atoms with Gasteiger partial charge < -0.3 is 4.43 Å². The van der Waals surface area contributed by atoms with E-state index in [9.17, 15) is 0 Å². The highest BCUT2D eigenvalue weighted by molar-refractivity contribution is 7.29. The molecule has 0 saturated carbocycles. The largest absolute Gasteiger partial charge is 0.420 e. The van der Waals surface area contributed by atoms with E-state index in [1.807, 2.05) is 0 Å². The first-order chi connectivity index (χ1) is 4.61. The topological polar surface area (TPSA) is 9.23 Å². The molecule has 0 N–H and O–H groups in total. The van der Waals surface area contributed by atoms with Crippen molar-refractivity contribution < 1.29 is 4.43 Å². The van der Waals surface area contributed by atoms with Crippen molar-refractivity contribution in [1.29, 1.82) is 0 Å². The van der Waals surface area contributed by atoms with Crippen LogP contribution in [0.25, 0.3) is 0 Å². The zero-order valence-electron chi connectivity index (χ0n) is 7.24. The van der Waals surface area contributed by atoms with Gasteiger partial charge in [0, 0.05) is 6.61 Å². The van der Waals surface area contributed by atoms with Crippen LogP contribution in [0.5, 0.6) is 0 Å². The maximum Gasteiger partial charge on any atom is 0.196 e. The Hall–Kier alpha value is 0.394. The lowest BCUT2D eigenvalue weighted by molar-refractivity contribution is 0.297. The fourth-order valence-corrected chi connectivity index (χ4v) is 7.92. The Kier molecular flexibility index (Phi) is 2.71. The van der Waals surface area contributed by atoms with Crippen LogP contribution in [0.4, 0.5) is 0 Å². The Labute approximate surface area is 66.3 Å². The third-order valence-corrected chi connectivity index (χ3v) is 11.1. The van der Waals surface area contributed by atoms with Crippen LogP contribution in [-0.2, 0) is 4.43 Å². The molecular formula is C7H17OSi2. The summed E-state index contributed by atoms with van der Waals surface area (Å²) in [7, 11) is -1.20. The molecule has 0 aromatic rings. The van der Waals surface area contributed by atoms with Gasteiger partial charge in [-0.1, -0.05) is 26.1 Å². The minimum absolute atomic E-state index is 0.325. The Morgan fingerprint density at radius 2 is 1.90 bits per heavy atom. The molecule has 0 bridgehead atoms. The van der Waals surface area contributed by atoms with Gasteiger partial charge in [0.1, 0.15) is 0 Å². The van der Waals surface area contributed by atoms with E-state index < -0.39 is 7.59 Å². The smallest absolute Gasteiger partial charge is 0.196 e. The van der Waals surface area contributed by atoms with Gasteiger partial charge in [-0.05, 0) is 12.5 Å². The molecule has 0 aromatic carbocycles. The van der Waals surface area contributed by atoms with Gasteiger partial charge >= 0.3 is 0 Å². The van der Waals surface area contributed by atoms with Crippen LogP contribution < -0.4 is 0 Å². The Morgan fingerprint density at radius 3 is 2.20 bits per heavy atom. The van der Waals surface area contributed by atoms with E-state index >= 15 is 0 Å². The van der Waals surface area contributed by atoms with E-state index in [2.05, 4.69) is 19.6 Å². The van der Waals surface area contributed by atoms with Gasteiger partial charge in [0.2, 0.25) is 0 Å². The van der Waals surface area contributed by atoms with Crippen molar-refractivity contribution in [2.45, 2.75) is 38.5 Å². The van der Waals surface area contributed by atoms with Crippen LogP contribution in [0.2, 0.25) is 25.7 Å². The van der Waals surface area contributed by atoms with E-state index in [0.717, 1.165) is 6.61 Å². The average Bonchev–Trinajstić information content (AvgIpc) is 1.88. The first kappa shape index (κ1) is 8.49. The van der Waals surface area contributed by atoms with Gasteiger partial charge in [-0.15, -0.1) is 0 Å². The predicted octanol–water partition coefficient (Wildman–Crippen LogP) is 2.20. The Morgan fingerprint density at radius 1 is 1.20 bits per heavy atom. The minimum Gasteiger partial charge on any atom is -0.420 e. The van der Waals surface area contributed by atoms with Gasteiger partial charge in [0.25, 0.3) is 0 Å². The lowest BCUT2D eigenvalue weighted by Gasteiger charge is -2.29. The van der Waals surface area contributed by atoms with E-state index in [0.29, 0.717) is 0 Å². The van der Waals surface area contributed by atoms with Crippen molar-refractivity contribution in [2.24, 2.45) is 0 Å². The van der Waals surface area contributed by atoms with Crippen molar-refractivity contribution in [3.05, 3.63) is 0 Å². The van der Waals surface area contributed by atoms with Crippen LogP contribution in [0.1, 0.15) is 12.8 Å². The maximum absolute atomic E-state index is 5.81. The molecular weight excluding hydrogens is 156 g/mol. The summed E-state index contributed by atoms with van der Waals surface area (Å²) in [6.45, 7) is 8.37. The van der Waals surface area contributed by atoms with E-state index in [1.54, 1.807) is 0 Å². The maximum atomic E-state index is 5.81. The van der Waals surface area contributed by atoms with Crippen LogP contribution in [-0.4, -0.2) is 22.8 Å². The van der Waals surface area contributed by atoms with Gasteiger partial charge in [-0.25, -0.2) is 0 Å². The molecule has 0 aliphatic carbocycles. The highest BCUT2D eigenvalue weighted by Gasteiger charge is 2.31. The molecule has 1 aliphatic rings. The molecule has 0 amide bonds. The van der Waals surface area contributed by atoms with Gasteiger partial charge in [-0.3, -0.25) is 0 Å². The molecule has 59 valence electrons. The second-order valence-electron chi connectivity index (χ2n) is 3.98. The SMILES string of the molecule is C[Si](C)(C)[Si]1CCCCO1. The standard InChI is InChI=1S/C7H17OSi2/c1-10(2,3)9-7-5-4-6-8-9/h4-7H2,1-3H3. The van der Waals surface area contributed by atoms with Crippen molar-refractivity contribution in [2.75, 3.05) is 6.61 Å². The molecule has 1 nitrogen and oxygen atoms in total. The number of rotatable bonds is 1. The monoisotopic (exact) mass is 173 g/mol. The van der Waals surface area contributed by atoms with Crippen LogP contribution in [0.15, 0.2) is 0 Å². The molecule has 3 heteroatoms. The Bertz CT molecular complexity index is 103. The molecule has 0 atom stereocenters. The van der Waals surface area contributed by atoms with E-state index in [1.165, 1.54) is 18.9 Å². The first-order valence-electron chi connectivity index (χ1n) is 4.10. The number of hydrogen-bond donors (Lipinski definition) is 0. The summed E-state index contributed by atoms with van der Waals surface area (Å²) in [4.78, 5) is 0. The van der Waals surface area contributed by atoms with E-state index in [4.69, 9.17) is 4.43 Å². The van der Waals surface area contributed by atoms with Crippen LogP contribution >= 0.6 is 0 Å². The molecule has 0 aromatic heterocycles. The fourth-order valence-electron chi connectivity index (χ4n) is 1.25. The van der Waals surface area contributed by atoms with Crippen molar-refractivity contribution >= 4 is 16.1 Å². The van der Waals surface area contributed by atoms with Crippen LogP contribution in [0.3, 0.4) is 0 Å². The Balaban J connectivity index is 2.39. The van der Waals surface area contributed by atoms with Crippen LogP contribution in [0, 0.1) is 0 Å². The minimum atomic E-state index is -0.877. The molecule has 10 heavy (non-hydrogen) atoms. The van der Waals surface area contributed by atoms with Gasteiger partial charge in [-0.2, -0.15) is 0 Å². The lowest BCUT2D eigenvalue weighted by atomic mass is 10.4. The molecule has 0 unspecified atom stereocenters. The molecule has 1 heterocycles. The quantitative estimate of drug-likeness (QED) is 0.552. The normalized spacial score (nSPS) is 23.1. The van der Waals surface area contributed by atoms with Gasteiger partial charge in [0.15, 0.2) is 8.56 Å². The molecule has 1 rings (SSSR count). The molecule has 1 aliphatic heterocycles. The zero-order valence-corrected chi connectivity index (χ0v) is 9.24. The lowest BCUT2D eigenvalue weighted by Crippen LogP contribution is -2.46. The highest BCUT2D eigenvalue weighted by atomic mass is 29.2. The summed E-state index contributed by atoms with van der Waals surface area (Å²) in [5.41, 5.74) is 0. The van der Waals surface area contributed by atoms with E-state index in [-0.39, 0.29) is 8.56 Å². The molecule has 1 fully saturated rings. The molecule has 1 saturated heterocycles.